The van der Waals surface area contributed by atoms with Crippen molar-refractivity contribution in [1.29, 1.82) is 0 Å². The highest BCUT2D eigenvalue weighted by Gasteiger charge is 2.22. The summed E-state index contributed by atoms with van der Waals surface area (Å²) in [5.74, 6) is 1.19. The van der Waals surface area contributed by atoms with Gasteiger partial charge in [0.1, 0.15) is 4.70 Å². The van der Waals surface area contributed by atoms with Crippen LogP contribution < -0.4 is 4.57 Å². The Labute approximate surface area is 145 Å². The number of thiazole rings is 1. The number of hydrogen-bond donors (Lipinski definition) is 0. The maximum absolute atomic E-state index is 2.44. The fourth-order valence-electron chi connectivity index (χ4n) is 2.85. The summed E-state index contributed by atoms with van der Waals surface area (Å²) in [7, 11) is 2.18. The largest absolute Gasteiger partial charge is 0.368 e. The van der Waals surface area contributed by atoms with Crippen LogP contribution >= 0.6 is 23.1 Å². The predicted molar refractivity (Wildman–Crippen MR) is 101 cm³/mol. The van der Waals surface area contributed by atoms with Crippen LogP contribution in [0.4, 0.5) is 0 Å². The van der Waals surface area contributed by atoms with E-state index < -0.39 is 0 Å². The average Bonchev–Trinajstić information content (AvgIpc) is 3.13. The van der Waals surface area contributed by atoms with E-state index >= 15 is 0 Å². The van der Waals surface area contributed by atoms with Crippen LogP contribution in [0.3, 0.4) is 0 Å². The number of para-hydroxylation sites is 1. The minimum Gasteiger partial charge on any atom is -0.368 e. The zero-order valence-electron chi connectivity index (χ0n) is 13.1. The molecule has 0 N–H and O–H groups in total. The van der Waals surface area contributed by atoms with Crippen LogP contribution in [0.5, 0.6) is 0 Å². The number of benzene rings is 2. The van der Waals surface area contributed by atoms with Crippen molar-refractivity contribution in [2.24, 2.45) is 0 Å². The van der Waals surface area contributed by atoms with Gasteiger partial charge in [0.2, 0.25) is 5.52 Å². The first-order chi connectivity index (χ1) is 11.3. The SMILES string of the molecule is CN1CCSC1=Cc1sc2ccccc2[n+]1Cc1ccccc1. The molecule has 0 radical (unpaired) electrons. The van der Waals surface area contributed by atoms with Crippen molar-refractivity contribution in [3.63, 3.8) is 0 Å². The molecular formula is C19H19N2S2+. The zero-order chi connectivity index (χ0) is 15.6. The molecule has 0 spiro atoms. The fourth-order valence-corrected chi connectivity index (χ4v) is 5.11. The van der Waals surface area contributed by atoms with Gasteiger partial charge in [0.05, 0.1) is 11.1 Å². The Hall–Kier alpha value is -1.78. The van der Waals surface area contributed by atoms with Gasteiger partial charge in [-0.25, -0.2) is 0 Å². The number of thioether (sulfide) groups is 1. The van der Waals surface area contributed by atoms with E-state index in [0.717, 1.165) is 13.1 Å². The van der Waals surface area contributed by atoms with Gasteiger partial charge in [-0.1, -0.05) is 53.8 Å². The molecule has 1 aromatic heterocycles. The average molecular weight is 340 g/mol. The molecule has 1 aliphatic heterocycles. The van der Waals surface area contributed by atoms with Gasteiger partial charge in [0.15, 0.2) is 6.54 Å². The standard InChI is InChI=1S/C19H19N2S2/c1-20-11-12-22-18(20)13-19-21(14-15-7-3-2-4-8-15)16-9-5-6-10-17(16)23-19/h2-10,13H,11-12,14H2,1H3/q+1. The van der Waals surface area contributed by atoms with Crippen molar-refractivity contribution in [3.05, 3.63) is 70.2 Å². The lowest BCUT2D eigenvalue weighted by molar-refractivity contribution is -0.659. The molecule has 4 rings (SSSR count). The first kappa shape index (κ1) is 14.8. The Morgan fingerprint density at radius 2 is 1.87 bits per heavy atom. The van der Waals surface area contributed by atoms with Gasteiger partial charge in [0.25, 0.3) is 5.01 Å². The molecule has 1 fully saturated rings. The third-order valence-corrected chi connectivity index (χ3v) is 6.34. The van der Waals surface area contributed by atoms with Gasteiger partial charge in [-0.3, -0.25) is 0 Å². The normalized spacial score (nSPS) is 16.6. The molecule has 23 heavy (non-hydrogen) atoms. The third kappa shape index (κ3) is 3.01. The second kappa shape index (κ2) is 6.38. The Kier molecular flexibility index (Phi) is 4.10. The predicted octanol–water partition coefficient (Wildman–Crippen LogP) is 4.21. The van der Waals surface area contributed by atoms with E-state index in [2.05, 4.69) is 77.2 Å². The summed E-state index contributed by atoms with van der Waals surface area (Å²) in [6.07, 6.45) is 2.35. The number of rotatable bonds is 3. The van der Waals surface area contributed by atoms with Gasteiger partial charge in [-0.05, 0) is 6.07 Å². The number of nitrogens with zero attached hydrogens (tertiary/aromatic N) is 2. The molecule has 4 heteroatoms. The summed E-state index contributed by atoms with van der Waals surface area (Å²) < 4.78 is 3.79. The quantitative estimate of drug-likeness (QED) is 0.660. The van der Waals surface area contributed by atoms with E-state index in [1.165, 1.54) is 31.6 Å². The second-order valence-corrected chi connectivity index (χ2v) is 7.91. The van der Waals surface area contributed by atoms with Crippen LogP contribution in [0.1, 0.15) is 10.6 Å². The van der Waals surface area contributed by atoms with E-state index in [-0.39, 0.29) is 0 Å². The highest BCUT2D eigenvalue weighted by Crippen LogP contribution is 2.30. The summed E-state index contributed by atoms with van der Waals surface area (Å²) in [4.78, 5) is 2.35. The van der Waals surface area contributed by atoms with Crippen LogP contribution in [0.15, 0.2) is 59.6 Å². The highest BCUT2D eigenvalue weighted by atomic mass is 32.2. The van der Waals surface area contributed by atoms with Crippen LogP contribution in [0.25, 0.3) is 16.3 Å². The van der Waals surface area contributed by atoms with E-state index in [9.17, 15) is 0 Å². The minimum atomic E-state index is 0.915. The summed E-state index contributed by atoms with van der Waals surface area (Å²) in [6, 6.07) is 19.4. The van der Waals surface area contributed by atoms with Crippen molar-refractivity contribution in [2.45, 2.75) is 6.54 Å². The highest BCUT2D eigenvalue weighted by molar-refractivity contribution is 8.03. The Balaban J connectivity index is 1.81. The van der Waals surface area contributed by atoms with E-state index in [1.54, 1.807) is 0 Å². The first-order valence-corrected chi connectivity index (χ1v) is 9.62. The second-order valence-electron chi connectivity index (χ2n) is 5.73. The topological polar surface area (TPSA) is 7.12 Å². The smallest absolute Gasteiger partial charge is 0.265 e. The van der Waals surface area contributed by atoms with Gasteiger partial charge in [-0.2, -0.15) is 4.57 Å². The first-order valence-electron chi connectivity index (χ1n) is 7.82. The number of fused-ring (bicyclic) bond motifs is 1. The van der Waals surface area contributed by atoms with Crippen LogP contribution in [-0.4, -0.2) is 24.2 Å². The lowest BCUT2D eigenvalue weighted by atomic mass is 10.2. The van der Waals surface area contributed by atoms with Gasteiger partial charge >= 0.3 is 0 Å². The van der Waals surface area contributed by atoms with Crippen molar-refractivity contribution >= 4 is 39.4 Å². The Morgan fingerprint density at radius 3 is 2.65 bits per heavy atom. The molecule has 0 bridgehead atoms. The lowest BCUT2D eigenvalue weighted by Crippen LogP contribution is -2.35. The Morgan fingerprint density at radius 1 is 1.09 bits per heavy atom. The van der Waals surface area contributed by atoms with Crippen LogP contribution in [0.2, 0.25) is 0 Å². The Bertz CT molecular complexity index is 852. The van der Waals surface area contributed by atoms with Crippen LogP contribution in [-0.2, 0) is 6.54 Å². The van der Waals surface area contributed by atoms with Gasteiger partial charge in [0, 0.05) is 31.0 Å². The summed E-state index contributed by atoms with van der Waals surface area (Å²) in [5, 5.41) is 2.70. The van der Waals surface area contributed by atoms with Crippen molar-refractivity contribution in [1.82, 2.24) is 4.90 Å². The molecule has 0 atom stereocenters. The molecule has 116 valence electrons. The van der Waals surface area contributed by atoms with Gasteiger partial charge in [-0.15, -0.1) is 11.8 Å². The molecule has 0 amide bonds. The summed E-state index contributed by atoms with van der Waals surface area (Å²) >= 11 is 3.83. The third-order valence-electron chi connectivity index (χ3n) is 4.12. The molecular weight excluding hydrogens is 320 g/mol. The monoisotopic (exact) mass is 339 g/mol. The maximum atomic E-state index is 2.44. The molecule has 3 aromatic rings. The fraction of sp³-hybridized carbons (Fsp3) is 0.211. The molecule has 2 nitrogen and oxygen atoms in total. The summed E-state index contributed by atoms with van der Waals surface area (Å²) in [5.41, 5.74) is 2.66. The lowest BCUT2D eigenvalue weighted by Gasteiger charge is -2.09. The molecule has 1 aliphatic rings. The van der Waals surface area contributed by atoms with Crippen molar-refractivity contribution in [2.75, 3.05) is 19.3 Å². The molecule has 0 unspecified atom stereocenters. The van der Waals surface area contributed by atoms with Gasteiger partial charge < -0.3 is 4.90 Å². The molecule has 2 heterocycles. The zero-order valence-corrected chi connectivity index (χ0v) is 14.7. The van der Waals surface area contributed by atoms with Crippen LogP contribution in [0, 0.1) is 0 Å². The molecule has 0 aliphatic carbocycles. The molecule has 1 saturated heterocycles. The minimum absolute atomic E-state index is 0.915. The van der Waals surface area contributed by atoms with E-state index in [4.69, 9.17) is 0 Å². The van der Waals surface area contributed by atoms with Crippen molar-refractivity contribution < 1.29 is 4.57 Å². The van der Waals surface area contributed by atoms with Crippen molar-refractivity contribution in [3.8, 4) is 0 Å². The molecule has 2 aromatic carbocycles. The maximum Gasteiger partial charge on any atom is 0.265 e. The van der Waals surface area contributed by atoms with E-state index in [1.807, 2.05) is 23.1 Å². The summed E-state index contributed by atoms with van der Waals surface area (Å²) in [6.45, 7) is 2.05. The molecule has 0 saturated carbocycles. The number of hydrogen-bond acceptors (Lipinski definition) is 3. The number of aromatic nitrogens is 1. The van der Waals surface area contributed by atoms with E-state index in [0.29, 0.717) is 0 Å².